The standard InChI is InChI=1S/C11H22N4/c1-9(2)7-12-6-5-10(3)11-8-13-14-15(11)4/h8-10,12H,5-7H2,1-4H3. The Labute approximate surface area is 92.1 Å². The van der Waals surface area contributed by atoms with Gasteiger partial charge in [-0.25, -0.2) is 0 Å². The third kappa shape index (κ3) is 4.00. The molecule has 0 fully saturated rings. The Morgan fingerprint density at radius 2 is 2.13 bits per heavy atom. The van der Waals surface area contributed by atoms with E-state index in [1.54, 1.807) is 0 Å². The van der Waals surface area contributed by atoms with Crippen molar-refractivity contribution in [2.45, 2.75) is 33.1 Å². The number of hydrogen-bond donors (Lipinski definition) is 1. The van der Waals surface area contributed by atoms with Crippen molar-refractivity contribution < 1.29 is 0 Å². The quantitative estimate of drug-likeness (QED) is 0.724. The highest BCUT2D eigenvalue weighted by Gasteiger charge is 2.09. The molecule has 0 saturated heterocycles. The van der Waals surface area contributed by atoms with Crippen LogP contribution in [-0.4, -0.2) is 28.1 Å². The topological polar surface area (TPSA) is 42.7 Å². The van der Waals surface area contributed by atoms with Crippen molar-refractivity contribution in [2.75, 3.05) is 13.1 Å². The number of aromatic nitrogens is 3. The molecule has 1 aromatic heterocycles. The second kappa shape index (κ2) is 5.85. The van der Waals surface area contributed by atoms with Gasteiger partial charge in [-0.15, -0.1) is 5.10 Å². The molecule has 0 radical (unpaired) electrons. The van der Waals surface area contributed by atoms with Gasteiger partial charge in [0.05, 0.1) is 11.9 Å². The second-order valence-electron chi connectivity index (χ2n) is 4.57. The van der Waals surface area contributed by atoms with E-state index in [1.165, 1.54) is 5.69 Å². The molecule has 15 heavy (non-hydrogen) atoms. The summed E-state index contributed by atoms with van der Waals surface area (Å²) in [5.41, 5.74) is 1.21. The molecule has 1 N–H and O–H groups in total. The average molecular weight is 210 g/mol. The molecule has 86 valence electrons. The molecule has 0 aromatic carbocycles. The maximum absolute atomic E-state index is 3.94. The average Bonchev–Trinajstić information content (AvgIpc) is 2.58. The molecule has 4 heteroatoms. The lowest BCUT2D eigenvalue weighted by atomic mass is 10.0. The lowest BCUT2D eigenvalue weighted by Gasteiger charge is -2.12. The fourth-order valence-corrected chi connectivity index (χ4v) is 1.60. The van der Waals surface area contributed by atoms with Gasteiger partial charge >= 0.3 is 0 Å². The van der Waals surface area contributed by atoms with Crippen molar-refractivity contribution in [3.05, 3.63) is 11.9 Å². The van der Waals surface area contributed by atoms with Crippen LogP contribution in [0.5, 0.6) is 0 Å². The Morgan fingerprint density at radius 1 is 1.40 bits per heavy atom. The molecule has 0 aliphatic rings. The summed E-state index contributed by atoms with van der Waals surface area (Å²) in [5.74, 6) is 1.24. The Morgan fingerprint density at radius 3 is 2.67 bits per heavy atom. The Hall–Kier alpha value is -0.900. The van der Waals surface area contributed by atoms with Gasteiger partial charge in [-0.1, -0.05) is 26.0 Å². The largest absolute Gasteiger partial charge is 0.316 e. The molecular weight excluding hydrogens is 188 g/mol. The van der Waals surface area contributed by atoms with E-state index < -0.39 is 0 Å². The maximum Gasteiger partial charge on any atom is 0.0727 e. The summed E-state index contributed by atoms with van der Waals surface area (Å²) in [6.45, 7) is 8.82. The first-order chi connectivity index (χ1) is 7.11. The molecule has 1 aromatic rings. The van der Waals surface area contributed by atoms with Gasteiger partial charge < -0.3 is 5.32 Å². The van der Waals surface area contributed by atoms with E-state index in [0.717, 1.165) is 25.4 Å². The van der Waals surface area contributed by atoms with Gasteiger partial charge in [-0.05, 0) is 25.4 Å². The van der Waals surface area contributed by atoms with Crippen molar-refractivity contribution in [1.82, 2.24) is 20.3 Å². The molecule has 0 aliphatic heterocycles. The molecule has 0 saturated carbocycles. The summed E-state index contributed by atoms with van der Waals surface area (Å²) in [6, 6.07) is 0. The summed E-state index contributed by atoms with van der Waals surface area (Å²) in [4.78, 5) is 0. The van der Waals surface area contributed by atoms with Crippen LogP contribution in [0, 0.1) is 5.92 Å². The van der Waals surface area contributed by atoms with Crippen LogP contribution >= 0.6 is 0 Å². The first-order valence-corrected chi connectivity index (χ1v) is 5.66. The predicted octanol–water partition coefficient (Wildman–Crippen LogP) is 1.55. The second-order valence-corrected chi connectivity index (χ2v) is 4.57. The zero-order valence-electron chi connectivity index (χ0n) is 10.2. The minimum Gasteiger partial charge on any atom is -0.316 e. The zero-order valence-corrected chi connectivity index (χ0v) is 10.2. The van der Waals surface area contributed by atoms with Gasteiger partial charge in [-0.2, -0.15) is 0 Å². The van der Waals surface area contributed by atoms with Crippen LogP contribution in [0.3, 0.4) is 0 Å². The van der Waals surface area contributed by atoms with Gasteiger partial charge in [0.25, 0.3) is 0 Å². The third-order valence-electron chi connectivity index (χ3n) is 2.56. The monoisotopic (exact) mass is 210 g/mol. The van der Waals surface area contributed by atoms with E-state index in [4.69, 9.17) is 0 Å². The van der Waals surface area contributed by atoms with Crippen LogP contribution in [0.4, 0.5) is 0 Å². The van der Waals surface area contributed by atoms with Crippen LogP contribution in [0.1, 0.15) is 38.8 Å². The van der Waals surface area contributed by atoms with Crippen LogP contribution in [0.15, 0.2) is 6.20 Å². The molecule has 0 spiro atoms. The summed E-state index contributed by atoms with van der Waals surface area (Å²) >= 11 is 0. The summed E-state index contributed by atoms with van der Waals surface area (Å²) < 4.78 is 1.85. The SMILES string of the molecule is CC(C)CNCCC(C)c1cnnn1C. The lowest BCUT2D eigenvalue weighted by Crippen LogP contribution is -2.22. The van der Waals surface area contributed by atoms with E-state index in [0.29, 0.717) is 5.92 Å². The third-order valence-corrected chi connectivity index (χ3v) is 2.56. The van der Waals surface area contributed by atoms with Gasteiger partial charge in [0.2, 0.25) is 0 Å². The lowest BCUT2D eigenvalue weighted by molar-refractivity contribution is 0.513. The minimum atomic E-state index is 0.518. The molecule has 1 unspecified atom stereocenters. The number of rotatable bonds is 6. The summed E-state index contributed by atoms with van der Waals surface area (Å²) in [6.07, 6.45) is 2.99. The van der Waals surface area contributed by atoms with Gasteiger partial charge in [0.1, 0.15) is 0 Å². The molecule has 4 nitrogen and oxygen atoms in total. The summed E-state index contributed by atoms with van der Waals surface area (Å²) in [7, 11) is 1.94. The van der Waals surface area contributed by atoms with E-state index in [2.05, 4.69) is 36.4 Å². The maximum atomic E-state index is 3.94. The Kier molecular flexibility index (Phi) is 4.75. The molecule has 0 amide bonds. The number of nitrogens with one attached hydrogen (secondary N) is 1. The number of hydrogen-bond acceptors (Lipinski definition) is 3. The highest BCUT2D eigenvalue weighted by atomic mass is 15.4. The van der Waals surface area contributed by atoms with E-state index >= 15 is 0 Å². The number of nitrogens with zero attached hydrogens (tertiary/aromatic N) is 3. The highest BCUT2D eigenvalue weighted by molar-refractivity contribution is 5.00. The first kappa shape index (κ1) is 12.2. The van der Waals surface area contributed by atoms with Gasteiger partial charge in [0.15, 0.2) is 0 Å². The summed E-state index contributed by atoms with van der Waals surface area (Å²) in [5, 5.41) is 11.3. The van der Waals surface area contributed by atoms with Crippen LogP contribution in [0.25, 0.3) is 0 Å². The van der Waals surface area contributed by atoms with E-state index in [1.807, 2.05) is 17.9 Å². The Bertz CT molecular complexity index is 280. The van der Waals surface area contributed by atoms with Crippen LogP contribution < -0.4 is 5.32 Å². The van der Waals surface area contributed by atoms with Gasteiger partial charge in [-0.3, -0.25) is 4.68 Å². The first-order valence-electron chi connectivity index (χ1n) is 5.66. The Balaban J connectivity index is 2.25. The molecule has 1 rings (SSSR count). The molecular formula is C11H22N4. The molecule has 1 heterocycles. The van der Waals surface area contributed by atoms with Crippen LogP contribution in [0.2, 0.25) is 0 Å². The van der Waals surface area contributed by atoms with Crippen LogP contribution in [-0.2, 0) is 7.05 Å². The minimum absolute atomic E-state index is 0.518. The van der Waals surface area contributed by atoms with E-state index in [9.17, 15) is 0 Å². The van der Waals surface area contributed by atoms with Crippen molar-refractivity contribution >= 4 is 0 Å². The fourth-order valence-electron chi connectivity index (χ4n) is 1.60. The number of aryl methyl sites for hydroxylation is 1. The predicted molar refractivity (Wildman–Crippen MR) is 61.7 cm³/mol. The van der Waals surface area contributed by atoms with Crippen molar-refractivity contribution in [2.24, 2.45) is 13.0 Å². The van der Waals surface area contributed by atoms with Crippen molar-refractivity contribution in [3.63, 3.8) is 0 Å². The molecule has 1 atom stereocenters. The fraction of sp³-hybridized carbons (Fsp3) is 0.818. The normalized spacial score (nSPS) is 13.4. The highest BCUT2D eigenvalue weighted by Crippen LogP contribution is 2.15. The molecule has 0 bridgehead atoms. The smallest absolute Gasteiger partial charge is 0.0727 e. The van der Waals surface area contributed by atoms with Gasteiger partial charge in [0, 0.05) is 13.0 Å². The molecule has 0 aliphatic carbocycles. The van der Waals surface area contributed by atoms with Crippen molar-refractivity contribution in [1.29, 1.82) is 0 Å². The van der Waals surface area contributed by atoms with Crippen molar-refractivity contribution in [3.8, 4) is 0 Å². The zero-order chi connectivity index (χ0) is 11.3. The van der Waals surface area contributed by atoms with E-state index in [-0.39, 0.29) is 0 Å².